The van der Waals surface area contributed by atoms with Gasteiger partial charge in [0.05, 0.1) is 26.4 Å². The Labute approximate surface area is 139 Å². The third-order valence-corrected chi connectivity index (χ3v) is 2.78. The molecule has 1 amide bonds. The smallest absolute Gasteiger partial charge is 0.408 e. The van der Waals surface area contributed by atoms with Gasteiger partial charge in [0.1, 0.15) is 5.60 Å². The van der Waals surface area contributed by atoms with Crippen molar-refractivity contribution in [3.8, 4) is 0 Å². The molecule has 0 atom stereocenters. The number of carbonyl (C=O) groups excluding carboxylic acids is 1. The van der Waals surface area contributed by atoms with Gasteiger partial charge in [0.15, 0.2) is 0 Å². The second-order valence-corrected chi connectivity index (χ2v) is 7.11. The molecule has 23 heavy (non-hydrogen) atoms. The van der Waals surface area contributed by atoms with Gasteiger partial charge in [0.2, 0.25) is 0 Å². The van der Waals surface area contributed by atoms with Gasteiger partial charge in [-0.3, -0.25) is 0 Å². The van der Waals surface area contributed by atoms with E-state index in [2.05, 4.69) is 5.32 Å². The molecule has 1 aromatic carbocycles. The SMILES string of the molecule is CC(C)(C)NC(=O)OC(C)(C)COCCOCc1ccccc1. The summed E-state index contributed by atoms with van der Waals surface area (Å²) in [5.41, 5.74) is 0.128. The molecule has 0 bridgehead atoms. The number of carbonyl (C=O) groups is 1. The van der Waals surface area contributed by atoms with Crippen molar-refractivity contribution in [2.75, 3.05) is 19.8 Å². The molecular weight excluding hydrogens is 294 g/mol. The third-order valence-electron chi connectivity index (χ3n) is 2.78. The minimum Gasteiger partial charge on any atom is -0.441 e. The summed E-state index contributed by atoms with van der Waals surface area (Å²) in [6, 6.07) is 9.98. The van der Waals surface area contributed by atoms with E-state index < -0.39 is 11.7 Å². The molecule has 0 aromatic heterocycles. The average molecular weight is 323 g/mol. The highest BCUT2D eigenvalue weighted by Crippen LogP contribution is 2.11. The second-order valence-electron chi connectivity index (χ2n) is 7.11. The van der Waals surface area contributed by atoms with Crippen molar-refractivity contribution in [1.82, 2.24) is 5.32 Å². The van der Waals surface area contributed by atoms with Gasteiger partial charge in [-0.25, -0.2) is 4.79 Å². The lowest BCUT2D eigenvalue weighted by atomic mass is 10.1. The first-order chi connectivity index (χ1) is 10.7. The quantitative estimate of drug-likeness (QED) is 0.744. The standard InChI is InChI=1S/C18H29NO4/c1-17(2,3)19-16(20)23-18(4,5)14-22-12-11-21-13-15-9-7-6-8-10-15/h6-10H,11-14H2,1-5H3,(H,19,20). The maximum Gasteiger partial charge on any atom is 0.408 e. The topological polar surface area (TPSA) is 56.8 Å². The minimum absolute atomic E-state index is 0.319. The van der Waals surface area contributed by atoms with E-state index in [0.29, 0.717) is 26.4 Å². The van der Waals surface area contributed by atoms with Crippen LogP contribution in [-0.4, -0.2) is 37.1 Å². The van der Waals surface area contributed by atoms with E-state index in [1.165, 1.54) is 0 Å². The fraction of sp³-hybridized carbons (Fsp3) is 0.611. The molecule has 0 fully saturated rings. The molecule has 5 nitrogen and oxygen atoms in total. The Morgan fingerprint density at radius 3 is 2.22 bits per heavy atom. The molecule has 5 heteroatoms. The van der Waals surface area contributed by atoms with Crippen LogP contribution >= 0.6 is 0 Å². The van der Waals surface area contributed by atoms with E-state index in [1.54, 1.807) is 0 Å². The highest BCUT2D eigenvalue weighted by Gasteiger charge is 2.25. The Kier molecular flexibility index (Phi) is 7.52. The summed E-state index contributed by atoms with van der Waals surface area (Å²) in [5.74, 6) is 0. The largest absolute Gasteiger partial charge is 0.441 e. The summed E-state index contributed by atoms with van der Waals surface area (Å²) in [6.07, 6.45) is -0.438. The molecular formula is C18H29NO4. The molecule has 0 spiro atoms. The molecule has 0 aliphatic rings. The summed E-state index contributed by atoms with van der Waals surface area (Å²) < 4.78 is 16.4. The zero-order chi connectivity index (χ0) is 17.3. The van der Waals surface area contributed by atoms with Crippen LogP contribution in [-0.2, 0) is 20.8 Å². The number of hydrogen-bond donors (Lipinski definition) is 1. The monoisotopic (exact) mass is 323 g/mol. The number of alkyl carbamates (subject to hydrolysis) is 1. The molecule has 0 saturated heterocycles. The number of ether oxygens (including phenoxy) is 3. The van der Waals surface area contributed by atoms with Gasteiger partial charge < -0.3 is 19.5 Å². The lowest BCUT2D eigenvalue weighted by Crippen LogP contribution is -2.45. The van der Waals surface area contributed by atoms with Gasteiger partial charge >= 0.3 is 6.09 Å². The third kappa shape index (κ3) is 9.92. The van der Waals surface area contributed by atoms with Crippen molar-refractivity contribution in [2.45, 2.75) is 52.4 Å². The average Bonchev–Trinajstić information content (AvgIpc) is 2.41. The predicted octanol–water partition coefficient (Wildman–Crippen LogP) is 3.52. The van der Waals surface area contributed by atoms with Gasteiger partial charge in [-0.15, -0.1) is 0 Å². The van der Waals surface area contributed by atoms with Crippen LogP contribution in [0.1, 0.15) is 40.2 Å². The predicted molar refractivity (Wildman–Crippen MR) is 90.4 cm³/mol. The van der Waals surface area contributed by atoms with E-state index in [-0.39, 0.29) is 5.54 Å². The summed E-state index contributed by atoms with van der Waals surface area (Å²) in [7, 11) is 0. The first kappa shape index (κ1) is 19.5. The van der Waals surface area contributed by atoms with E-state index in [0.717, 1.165) is 5.56 Å². The van der Waals surface area contributed by atoms with E-state index in [9.17, 15) is 4.79 Å². The Bertz CT molecular complexity index is 466. The zero-order valence-electron chi connectivity index (χ0n) is 14.8. The Hall–Kier alpha value is -1.59. The number of hydrogen-bond acceptors (Lipinski definition) is 4. The van der Waals surface area contributed by atoms with Crippen LogP contribution in [0.15, 0.2) is 30.3 Å². The lowest BCUT2D eigenvalue weighted by molar-refractivity contribution is -0.0484. The van der Waals surface area contributed by atoms with Gasteiger partial charge in [0, 0.05) is 5.54 Å². The minimum atomic E-state index is -0.686. The highest BCUT2D eigenvalue weighted by molar-refractivity contribution is 5.68. The summed E-state index contributed by atoms with van der Waals surface area (Å²) in [5, 5.41) is 2.76. The van der Waals surface area contributed by atoms with Crippen LogP contribution in [0.25, 0.3) is 0 Å². The van der Waals surface area contributed by atoms with Crippen molar-refractivity contribution in [3.63, 3.8) is 0 Å². The fourth-order valence-electron chi connectivity index (χ4n) is 1.81. The molecule has 0 unspecified atom stereocenters. The first-order valence-corrected chi connectivity index (χ1v) is 7.88. The van der Waals surface area contributed by atoms with Crippen molar-refractivity contribution < 1.29 is 19.0 Å². The molecule has 0 radical (unpaired) electrons. The van der Waals surface area contributed by atoms with Crippen molar-refractivity contribution >= 4 is 6.09 Å². The second kappa shape index (κ2) is 8.89. The molecule has 1 aromatic rings. The lowest BCUT2D eigenvalue weighted by Gasteiger charge is -2.28. The Morgan fingerprint density at radius 1 is 1.00 bits per heavy atom. The van der Waals surface area contributed by atoms with Crippen molar-refractivity contribution in [3.05, 3.63) is 35.9 Å². The molecule has 0 saturated carbocycles. The van der Waals surface area contributed by atoms with Gasteiger partial charge in [0.25, 0.3) is 0 Å². The normalized spacial score (nSPS) is 12.0. The highest BCUT2D eigenvalue weighted by atomic mass is 16.6. The number of benzene rings is 1. The fourth-order valence-corrected chi connectivity index (χ4v) is 1.81. The molecule has 1 rings (SSSR count). The molecule has 1 N–H and O–H groups in total. The van der Waals surface area contributed by atoms with Crippen LogP contribution in [0.4, 0.5) is 4.79 Å². The van der Waals surface area contributed by atoms with Crippen LogP contribution in [0.2, 0.25) is 0 Å². The Balaban J connectivity index is 2.15. The van der Waals surface area contributed by atoms with E-state index >= 15 is 0 Å². The maximum atomic E-state index is 11.8. The van der Waals surface area contributed by atoms with Crippen molar-refractivity contribution in [2.24, 2.45) is 0 Å². The number of amides is 1. The van der Waals surface area contributed by atoms with Crippen LogP contribution in [0, 0.1) is 0 Å². The zero-order valence-corrected chi connectivity index (χ0v) is 14.8. The van der Waals surface area contributed by atoms with Crippen molar-refractivity contribution in [1.29, 1.82) is 0 Å². The Morgan fingerprint density at radius 2 is 1.61 bits per heavy atom. The van der Waals surface area contributed by atoms with Gasteiger partial charge in [-0.2, -0.15) is 0 Å². The first-order valence-electron chi connectivity index (χ1n) is 7.88. The summed E-state index contributed by atoms with van der Waals surface area (Å²) >= 11 is 0. The van der Waals surface area contributed by atoms with E-state index in [1.807, 2.05) is 65.0 Å². The molecule has 130 valence electrons. The molecule has 0 heterocycles. The van der Waals surface area contributed by atoms with Crippen LogP contribution in [0.5, 0.6) is 0 Å². The van der Waals surface area contributed by atoms with Gasteiger partial charge in [-0.05, 0) is 40.2 Å². The van der Waals surface area contributed by atoms with Crippen LogP contribution in [0.3, 0.4) is 0 Å². The molecule has 0 aliphatic heterocycles. The summed E-state index contributed by atoms with van der Waals surface area (Å²) in [4.78, 5) is 11.8. The van der Waals surface area contributed by atoms with E-state index in [4.69, 9.17) is 14.2 Å². The molecule has 0 aliphatic carbocycles. The maximum absolute atomic E-state index is 11.8. The number of rotatable bonds is 8. The van der Waals surface area contributed by atoms with Crippen LogP contribution < -0.4 is 5.32 Å². The van der Waals surface area contributed by atoms with Gasteiger partial charge in [-0.1, -0.05) is 30.3 Å². The number of nitrogens with one attached hydrogen (secondary N) is 1. The summed E-state index contributed by atoms with van der Waals surface area (Å²) in [6.45, 7) is 11.2.